The predicted octanol–water partition coefficient (Wildman–Crippen LogP) is 4.67. The van der Waals surface area contributed by atoms with Crippen LogP contribution in [0.3, 0.4) is 0 Å². The van der Waals surface area contributed by atoms with Gasteiger partial charge in [-0.2, -0.15) is 0 Å². The van der Waals surface area contributed by atoms with Crippen LogP contribution in [0.2, 0.25) is 0 Å². The second-order valence-electron chi connectivity index (χ2n) is 7.89. The summed E-state index contributed by atoms with van der Waals surface area (Å²) in [4.78, 5) is 17.1. The van der Waals surface area contributed by atoms with Gasteiger partial charge in [0.15, 0.2) is 0 Å². The number of piperazine rings is 1. The van der Waals surface area contributed by atoms with Crippen molar-refractivity contribution >= 4 is 23.4 Å². The minimum Gasteiger partial charge on any atom is -0.497 e. The van der Waals surface area contributed by atoms with Gasteiger partial charge in [0, 0.05) is 50.2 Å². The summed E-state index contributed by atoms with van der Waals surface area (Å²) in [6.07, 6.45) is 3.33. The number of rotatable bonds is 7. The Labute approximate surface area is 189 Å². The quantitative estimate of drug-likeness (QED) is 0.557. The van der Waals surface area contributed by atoms with Crippen LogP contribution in [0.5, 0.6) is 5.75 Å². The lowest BCUT2D eigenvalue weighted by Gasteiger charge is -2.36. The second-order valence-corrected chi connectivity index (χ2v) is 7.89. The molecule has 0 bridgehead atoms. The molecular weight excluding hydrogens is 398 g/mol. The van der Waals surface area contributed by atoms with Crippen molar-refractivity contribution in [1.82, 2.24) is 4.90 Å². The Morgan fingerprint density at radius 2 is 1.59 bits per heavy atom. The van der Waals surface area contributed by atoms with E-state index in [1.807, 2.05) is 36.4 Å². The third-order valence-corrected chi connectivity index (χ3v) is 5.66. The molecule has 0 saturated carbocycles. The molecule has 4 rings (SSSR count). The number of benzene rings is 3. The highest BCUT2D eigenvalue weighted by atomic mass is 16.5. The van der Waals surface area contributed by atoms with Crippen molar-refractivity contribution in [2.24, 2.45) is 0 Å². The van der Waals surface area contributed by atoms with Crippen molar-refractivity contribution < 1.29 is 9.53 Å². The van der Waals surface area contributed by atoms with Gasteiger partial charge in [0.25, 0.3) is 0 Å². The monoisotopic (exact) mass is 427 g/mol. The van der Waals surface area contributed by atoms with Crippen LogP contribution in [0.4, 0.5) is 11.4 Å². The van der Waals surface area contributed by atoms with E-state index < -0.39 is 0 Å². The molecule has 1 saturated heterocycles. The molecule has 1 fully saturated rings. The number of ether oxygens (including phenoxy) is 1. The van der Waals surface area contributed by atoms with Gasteiger partial charge in [-0.3, -0.25) is 9.69 Å². The third kappa shape index (κ3) is 5.99. The van der Waals surface area contributed by atoms with Gasteiger partial charge < -0.3 is 15.0 Å². The van der Waals surface area contributed by atoms with Gasteiger partial charge in [-0.25, -0.2) is 0 Å². The van der Waals surface area contributed by atoms with Crippen LogP contribution >= 0.6 is 0 Å². The standard InChI is InChI=1S/C27H29N3O2/c1-32-26-14-7-22(8-15-26)9-16-27(31)28-24-10-12-25(13-11-24)30-19-17-29(18-20-30)21-23-5-3-2-4-6-23/h2-16H,17-21H2,1H3,(H,28,31)/b16-9+. The summed E-state index contributed by atoms with van der Waals surface area (Å²) in [7, 11) is 1.63. The third-order valence-electron chi connectivity index (χ3n) is 5.66. The zero-order chi connectivity index (χ0) is 22.2. The number of nitrogens with one attached hydrogen (secondary N) is 1. The summed E-state index contributed by atoms with van der Waals surface area (Å²) < 4.78 is 5.15. The van der Waals surface area contributed by atoms with Gasteiger partial charge in [-0.1, -0.05) is 42.5 Å². The molecule has 1 heterocycles. The highest BCUT2D eigenvalue weighted by molar-refractivity contribution is 6.02. The SMILES string of the molecule is COc1ccc(/C=C/C(=O)Nc2ccc(N3CCN(Cc4ccccc4)CC3)cc2)cc1. The molecule has 0 atom stereocenters. The molecule has 0 spiro atoms. The molecular formula is C27H29N3O2. The maximum Gasteiger partial charge on any atom is 0.248 e. The van der Waals surface area contributed by atoms with Crippen LogP contribution in [0, 0.1) is 0 Å². The first-order valence-corrected chi connectivity index (χ1v) is 10.9. The fourth-order valence-corrected chi connectivity index (χ4v) is 3.83. The minimum absolute atomic E-state index is 0.150. The summed E-state index contributed by atoms with van der Waals surface area (Å²) >= 11 is 0. The first kappa shape index (κ1) is 21.7. The molecule has 0 unspecified atom stereocenters. The summed E-state index contributed by atoms with van der Waals surface area (Å²) in [6, 6.07) is 26.3. The Hall–Kier alpha value is -3.57. The number of anilines is 2. The van der Waals surface area contributed by atoms with E-state index in [2.05, 4.69) is 57.6 Å². The Morgan fingerprint density at radius 3 is 2.25 bits per heavy atom. The topological polar surface area (TPSA) is 44.8 Å². The second kappa shape index (κ2) is 10.6. The average molecular weight is 428 g/mol. The van der Waals surface area contributed by atoms with Crippen molar-refractivity contribution in [3.8, 4) is 5.75 Å². The summed E-state index contributed by atoms with van der Waals surface area (Å²) in [5, 5.41) is 2.92. The maximum atomic E-state index is 12.2. The van der Waals surface area contributed by atoms with Crippen molar-refractivity contribution in [3.63, 3.8) is 0 Å². The normalized spacial score (nSPS) is 14.5. The van der Waals surface area contributed by atoms with Gasteiger partial charge >= 0.3 is 0 Å². The van der Waals surface area contributed by atoms with Crippen LogP contribution in [0.1, 0.15) is 11.1 Å². The van der Waals surface area contributed by atoms with Crippen molar-refractivity contribution in [3.05, 3.63) is 96.1 Å². The fourth-order valence-electron chi connectivity index (χ4n) is 3.83. The number of methoxy groups -OCH3 is 1. The van der Waals surface area contributed by atoms with Crippen LogP contribution in [-0.4, -0.2) is 44.1 Å². The Kier molecular flexibility index (Phi) is 7.20. The van der Waals surface area contributed by atoms with E-state index in [0.29, 0.717) is 0 Å². The lowest BCUT2D eigenvalue weighted by Crippen LogP contribution is -2.45. The van der Waals surface area contributed by atoms with E-state index in [4.69, 9.17) is 4.74 Å². The Bertz CT molecular complexity index is 1020. The van der Waals surface area contributed by atoms with Crippen LogP contribution in [0.25, 0.3) is 6.08 Å². The molecule has 3 aromatic carbocycles. The lowest BCUT2D eigenvalue weighted by atomic mass is 10.2. The Balaban J connectivity index is 1.25. The van der Waals surface area contributed by atoms with E-state index in [0.717, 1.165) is 49.7 Å². The molecule has 1 aliphatic rings. The number of carbonyl (C=O) groups excluding carboxylic acids is 1. The van der Waals surface area contributed by atoms with Gasteiger partial charge in [0.05, 0.1) is 7.11 Å². The zero-order valence-electron chi connectivity index (χ0n) is 18.4. The van der Waals surface area contributed by atoms with Gasteiger partial charge in [0.1, 0.15) is 5.75 Å². The molecule has 1 amide bonds. The Morgan fingerprint density at radius 1 is 0.906 bits per heavy atom. The van der Waals surface area contributed by atoms with Gasteiger partial charge in [0.2, 0.25) is 5.91 Å². The maximum absolute atomic E-state index is 12.2. The van der Waals surface area contributed by atoms with Gasteiger partial charge in [-0.15, -0.1) is 0 Å². The first-order chi connectivity index (χ1) is 15.7. The molecule has 0 radical (unpaired) electrons. The van der Waals surface area contributed by atoms with Gasteiger partial charge in [-0.05, 0) is 53.6 Å². The number of amides is 1. The summed E-state index contributed by atoms with van der Waals surface area (Å²) in [5.41, 5.74) is 4.29. The van der Waals surface area contributed by atoms with Crippen LogP contribution < -0.4 is 15.0 Å². The van der Waals surface area contributed by atoms with Crippen LogP contribution in [-0.2, 0) is 11.3 Å². The summed E-state index contributed by atoms with van der Waals surface area (Å²) in [5.74, 6) is 0.646. The fraction of sp³-hybridized carbons (Fsp3) is 0.222. The number of hydrogen-bond donors (Lipinski definition) is 1. The largest absolute Gasteiger partial charge is 0.497 e. The zero-order valence-corrected chi connectivity index (χ0v) is 18.4. The highest BCUT2D eigenvalue weighted by Gasteiger charge is 2.17. The van der Waals surface area contributed by atoms with Crippen molar-refractivity contribution in [2.75, 3.05) is 43.5 Å². The number of carbonyl (C=O) groups is 1. The predicted molar refractivity (Wildman–Crippen MR) is 131 cm³/mol. The summed E-state index contributed by atoms with van der Waals surface area (Å²) in [6.45, 7) is 5.10. The van der Waals surface area contributed by atoms with Crippen molar-refractivity contribution in [1.29, 1.82) is 0 Å². The molecule has 32 heavy (non-hydrogen) atoms. The molecule has 0 aliphatic carbocycles. The van der Waals surface area contributed by atoms with E-state index in [1.54, 1.807) is 19.3 Å². The number of nitrogens with zero attached hydrogens (tertiary/aromatic N) is 2. The van der Waals surface area contributed by atoms with E-state index >= 15 is 0 Å². The van der Waals surface area contributed by atoms with E-state index in [1.165, 1.54) is 11.3 Å². The van der Waals surface area contributed by atoms with E-state index in [-0.39, 0.29) is 5.91 Å². The highest BCUT2D eigenvalue weighted by Crippen LogP contribution is 2.20. The molecule has 164 valence electrons. The molecule has 1 N–H and O–H groups in total. The van der Waals surface area contributed by atoms with E-state index in [9.17, 15) is 4.79 Å². The first-order valence-electron chi connectivity index (χ1n) is 10.9. The van der Waals surface area contributed by atoms with Crippen molar-refractivity contribution in [2.45, 2.75) is 6.54 Å². The average Bonchev–Trinajstić information content (AvgIpc) is 2.85. The minimum atomic E-state index is -0.150. The smallest absolute Gasteiger partial charge is 0.248 e. The number of hydrogen-bond acceptors (Lipinski definition) is 4. The molecule has 1 aliphatic heterocycles. The lowest BCUT2D eigenvalue weighted by molar-refractivity contribution is -0.111. The molecule has 0 aromatic heterocycles. The van der Waals surface area contributed by atoms with Crippen LogP contribution in [0.15, 0.2) is 84.9 Å². The molecule has 5 heteroatoms. The molecule has 3 aromatic rings. The molecule has 5 nitrogen and oxygen atoms in total.